The normalized spacial score (nSPS) is 16.0. The van der Waals surface area contributed by atoms with Crippen molar-refractivity contribution in [2.24, 2.45) is 0 Å². The number of carbonyl (C=O) groups excluding carboxylic acids is 1. The molecule has 0 spiro atoms. The zero-order chi connectivity index (χ0) is 18.0. The molecule has 0 unspecified atom stereocenters. The number of halogens is 2. The Labute approximate surface area is 163 Å². The summed E-state index contributed by atoms with van der Waals surface area (Å²) in [4.78, 5) is 14.2. The molecule has 1 fully saturated rings. The first kappa shape index (κ1) is 18.1. The molecule has 0 atom stereocenters. The highest BCUT2D eigenvalue weighted by Crippen LogP contribution is 2.34. The Morgan fingerprint density at radius 2 is 2.00 bits per heavy atom. The summed E-state index contributed by atoms with van der Waals surface area (Å²) in [6, 6.07) is 11.7. The minimum absolute atomic E-state index is 0.125. The highest BCUT2D eigenvalue weighted by atomic mass is 79.9. The molecular formula is C18H13BrFNO2S2. The second-order valence-corrected chi connectivity index (χ2v) is 7.93. The molecule has 1 heterocycles. The van der Waals surface area contributed by atoms with E-state index in [2.05, 4.69) is 15.9 Å². The van der Waals surface area contributed by atoms with Crippen molar-refractivity contribution in [1.29, 1.82) is 0 Å². The summed E-state index contributed by atoms with van der Waals surface area (Å²) in [5, 5.41) is 0. The van der Waals surface area contributed by atoms with Crippen molar-refractivity contribution in [3.63, 3.8) is 0 Å². The van der Waals surface area contributed by atoms with Crippen molar-refractivity contribution in [2.45, 2.75) is 6.61 Å². The van der Waals surface area contributed by atoms with Crippen molar-refractivity contribution in [1.82, 2.24) is 4.90 Å². The molecule has 25 heavy (non-hydrogen) atoms. The predicted octanol–water partition coefficient (Wildman–Crippen LogP) is 5.00. The summed E-state index contributed by atoms with van der Waals surface area (Å²) in [6.07, 6.45) is 1.77. The van der Waals surface area contributed by atoms with Crippen LogP contribution in [0.3, 0.4) is 0 Å². The maximum Gasteiger partial charge on any atom is 0.265 e. The summed E-state index contributed by atoms with van der Waals surface area (Å²) < 4.78 is 20.2. The van der Waals surface area contributed by atoms with Crippen LogP contribution in [0.25, 0.3) is 6.08 Å². The number of hydrogen-bond acceptors (Lipinski definition) is 4. The van der Waals surface area contributed by atoms with Crippen LogP contribution in [-0.4, -0.2) is 22.2 Å². The molecule has 3 nitrogen and oxygen atoms in total. The Balaban J connectivity index is 1.84. The fourth-order valence-corrected chi connectivity index (χ4v) is 3.74. The molecule has 0 bridgehead atoms. The molecule has 1 amide bonds. The maximum absolute atomic E-state index is 13.0. The number of likely N-dealkylation sites (N-methyl/N-ethyl adjacent to an activating group) is 1. The van der Waals surface area contributed by atoms with E-state index in [-0.39, 0.29) is 11.7 Å². The third-order valence-electron chi connectivity index (χ3n) is 3.55. The lowest BCUT2D eigenvalue weighted by molar-refractivity contribution is -0.121. The number of amides is 1. The van der Waals surface area contributed by atoms with Gasteiger partial charge in [0.05, 0.1) is 4.91 Å². The second-order valence-electron chi connectivity index (χ2n) is 5.34. The van der Waals surface area contributed by atoms with Gasteiger partial charge in [-0.05, 0) is 42.0 Å². The predicted molar refractivity (Wildman–Crippen MR) is 106 cm³/mol. The Hall–Kier alpha value is -1.70. The lowest BCUT2D eigenvalue weighted by Gasteiger charge is -2.10. The van der Waals surface area contributed by atoms with Gasteiger partial charge in [0.15, 0.2) is 0 Å². The van der Waals surface area contributed by atoms with E-state index >= 15 is 0 Å². The van der Waals surface area contributed by atoms with E-state index in [1.54, 1.807) is 25.3 Å². The molecule has 0 aliphatic carbocycles. The lowest BCUT2D eigenvalue weighted by Crippen LogP contribution is -2.22. The fraction of sp³-hybridized carbons (Fsp3) is 0.111. The molecule has 1 aliphatic rings. The van der Waals surface area contributed by atoms with Gasteiger partial charge in [-0.3, -0.25) is 9.69 Å². The number of thioether (sulfide) groups is 1. The molecule has 3 rings (SSSR count). The van der Waals surface area contributed by atoms with Crippen LogP contribution < -0.4 is 4.74 Å². The van der Waals surface area contributed by atoms with E-state index in [1.165, 1.54) is 28.8 Å². The van der Waals surface area contributed by atoms with Gasteiger partial charge in [-0.25, -0.2) is 4.39 Å². The summed E-state index contributed by atoms with van der Waals surface area (Å²) in [7, 11) is 1.66. The Morgan fingerprint density at radius 1 is 1.28 bits per heavy atom. The van der Waals surface area contributed by atoms with Gasteiger partial charge in [0.2, 0.25) is 0 Å². The van der Waals surface area contributed by atoms with Crippen molar-refractivity contribution in [3.8, 4) is 5.75 Å². The first-order valence-corrected chi connectivity index (χ1v) is 9.34. The van der Waals surface area contributed by atoms with E-state index in [9.17, 15) is 9.18 Å². The van der Waals surface area contributed by atoms with Crippen molar-refractivity contribution < 1.29 is 13.9 Å². The van der Waals surface area contributed by atoms with Gasteiger partial charge in [-0.15, -0.1) is 0 Å². The minimum Gasteiger partial charge on any atom is -0.488 e. The van der Waals surface area contributed by atoms with Crippen LogP contribution in [0.15, 0.2) is 51.8 Å². The van der Waals surface area contributed by atoms with Gasteiger partial charge in [-0.1, -0.05) is 52.0 Å². The number of rotatable bonds is 4. The Bertz CT molecular complexity index is 868. The molecule has 1 saturated heterocycles. The summed E-state index contributed by atoms with van der Waals surface area (Å²) in [5.41, 5.74) is 1.63. The van der Waals surface area contributed by atoms with Gasteiger partial charge in [0, 0.05) is 17.1 Å². The number of hydrogen-bond donors (Lipinski definition) is 0. The minimum atomic E-state index is -0.283. The topological polar surface area (TPSA) is 29.5 Å². The van der Waals surface area contributed by atoms with Crippen LogP contribution >= 0.6 is 39.9 Å². The van der Waals surface area contributed by atoms with Crippen LogP contribution in [0.5, 0.6) is 5.75 Å². The van der Waals surface area contributed by atoms with Crippen LogP contribution in [0.2, 0.25) is 0 Å². The van der Waals surface area contributed by atoms with Crippen molar-refractivity contribution in [2.75, 3.05) is 7.05 Å². The highest BCUT2D eigenvalue weighted by Gasteiger charge is 2.28. The van der Waals surface area contributed by atoms with Crippen molar-refractivity contribution >= 4 is 56.2 Å². The van der Waals surface area contributed by atoms with E-state index in [4.69, 9.17) is 17.0 Å². The van der Waals surface area contributed by atoms with E-state index in [0.717, 1.165) is 15.6 Å². The van der Waals surface area contributed by atoms with Crippen LogP contribution in [0.4, 0.5) is 4.39 Å². The number of ether oxygens (including phenoxy) is 1. The van der Waals surface area contributed by atoms with Gasteiger partial charge in [0.25, 0.3) is 5.91 Å². The first-order chi connectivity index (χ1) is 11.9. The number of carbonyl (C=O) groups is 1. The zero-order valence-corrected chi connectivity index (χ0v) is 16.4. The molecule has 0 N–H and O–H groups in total. The van der Waals surface area contributed by atoms with Gasteiger partial charge in [0.1, 0.15) is 22.5 Å². The lowest BCUT2D eigenvalue weighted by atomic mass is 10.1. The zero-order valence-electron chi connectivity index (χ0n) is 13.2. The molecule has 1 aliphatic heterocycles. The smallest absolute Gasteiger partial charge is 0.265 e. The summed E-state index contributed by atoms with van der Waals surface area (Å²) >= 11 is 9.85. The van der Waals surface area contributed by atoms with E-state index < -0.39 is 0 Å². The quantitative estimate of drug-likeness (QED) is 0.497. The van der Waals surface area contributed by atoms with Crippen molar-refractivity contribution in [3.05, 3.63) is 68.8 Å². The Kier molecular flexibility index (Phi) is 5.56. The van der Waals surface area contributed by atoms with E-state index in [1.807, 2.05) is 18.2 Å². The average Bonchev–Trinajstić information content (AvgIpc) is 2.83. The van der Waals surface area contributed by atoms with Crippen LogP contribution in [0, 0.1) is 5.82 Å². The third kappa shape index (κ3) is 4.29. The average molecular weight is 438 g/mol. The molecule has 0 saturated carbocycles. The summed E-state index contributed by atoms with van der Waals surface area (Å²) in [6.45, 7) is 0.303. The monoisotopic (exact) mass is 437 g/mol. The van der Waals surface area contributed by atoms with E-state index in [0.29, 0.717) is 21.6 Å². The maximum atomic E-state index is 13.0. The van der Waals surface area contributed by atoms with Gasteiger partial charge in [-0.2, -0.15) is 0 Å². The van der Waals surface area contributed by atoms with Crippen LogP contribution in [0.1, 0.15) is 11.1 Å². The van der Waals surface area contributed by atoms with Crippen LogP contribution in [-0.2, 0) is 11.4 Å². The molecule has 0 aromatic heterocycles. The fourth-order valence-electron chi connectivity index (χ4n) is 2.19. The Morgan fingerprint density at radius 3 is 2.64 bits per heavy atom. The molecule has 128 valence electrons. The highest BCUT2D eigenvalue weighted by molar-refractivity contribution is 9.10. The molecular weight excluding hydrogens is 425 g/mol. The largest absolute Gasteiger partial charge is 0.488 e. The van der Waals surface area contributed by atoms with Gasteiger partial charge >= 0.3 is 0 Å². The third-order valence-corrected chi connectivity index (χ3v) is 5.53. The molecule has 0 radical (unpaired) electrons. The molecule has 2 aromatic carbocycles. The SMILES string of the molecule is CN1C(=O)/C(=C\c2cc(Br)ccc2OCc2ccc(F)cc2)SC1=S. The molecule has 2 aromatic rings. The number of nitrogens with zero attached hydrogens (tertiary/aromatic N) is 1. The number of benzene rings is 2. The molecule has 7 heteroatoms. The van der Waals surface area contributed by atoms with Gasteiger partial charge < -0.3 is 4.74 Å². The number of thiocarbonyl (C=S) groups is 1. The first-order valence-electron chi connectivity index (χ1n) is 7.32. The second kappa shape index (κ2) is 7.68. The summed E-state index contributed by atoms with van der Waals surface area (Å²) in [5.74, 6) is 0.225. The standard InChI is InChI=1S/C18H13BrFNO2S2/c1-21-17(22)16(25-18(21)24)9-12-8-13(19)4-7-15(12)23-10-11-2-5-14(20)6-3-11/h2-9H,10H2,1H3/b16-9+.